The van der Waals surface area contributed by atoms with Gasteiger partial charge in [-0.05, 0) is 37.1 Å². The number of aliphatic hydroxyl groups excluding tert-OH is 1. The molecule has 0 radical (unpaired) electrons. The lowest BCUT2D eigenvalue weighted by molar-refractivity contribution is -0.121. The molecule has 0 bridgehead atoms. The molecule has 8 nitrogen and oxygen atoms in total. The minimum Gasteiger partial charge on any atom is -0.496 e. The highest BCUT2D eigenvalue weighted by Gasteiger charge is 2.37. The number of hydrogen-bond acceptors (Lipinski definition) is 7. The van der Waals surface area contributed by atoms with Gasteiger partial charge in [0.2, 0.25) is 5.91 Å². The number of amides is 1. The van der Waals surface area contributed by atoms with E-state index in [0.29, 0.717) is 22.3 Å². The normalized spacial score (nSPS) is 21.3. The SMILES string of the molecule is COc1cc(C)cc2oc(=O)c(CC(=O)N[C@@H]3CS(=O)(=O)C[C@H]3O)c(C)c12. The van der Waals surface area contributed by atoms with Crippen molar-refractivity contribution in [2.75, 3.05) is 18.6 Å². The number of benzene rings is 1. The maximum absolute atomic E-state index is 12.4. The van der Waals surface area contributed by atoms with E-state index in [9.17, 15) is 23.1 Å². The smallest absolute Gasteiger partial charge is 0.340 e. The third-order valence-electron chi connectivity index (χ3n) is 4.71. The molecule has 2 aromatic rings. The van der Waals surface area contributed by atoms with Crippen LogP contribution >= 0.6 is 0 Å². The van der Waals surface area contributed by atoms with E-state index in [2.05, 4.69) is 5.32 Å². The van der Waals surface area contributed by atoms with E-state index in [1.54, 1.807) is 19.1 Å². The average molecular weight is 395 g/mol. The van der Waals surface area contributed by atoms with Gasteiger partial charge in [0.05, 0.1) is 48.1 Å². The van der Waals surface area contributed by atoms with Gasteiger partial charge >= 0.3 is 5.63 Å². The minimum atomic E-state index is -3.38. The van der Waals surface area contributed by atoms with Crippen LogP contribution in [0.1, 0.15) is 16.7 Å². The highest BCUT2D eigenvalue weighted by atomic mass is 32.2. The fourth-order valence-electron chi connectivity index (χ4n) is 3.39. The van der Waals surface area contributed by atoms with Crippen LogP contribution in [0.2, 0.25) is 0 Å². The van der Waals surface area contributed by atoms with Gasteiger partial charge in [-0.15, -0.1) is 0 Å². The maximum Gasteiger partial charge on any atom is 0.340 e. The van der Waals surface area contributed by atoms with E-state index in [0.717, 1.165) is 5.56 Å². The molecule has 0 aliphatic carbocycles. The monoisotopic (exact) mass is 395 g/mol. The van der Waals surface area contributed by atoms with Crippen LogP contribution in [0.5, 0.6) is 5.75 Å². The van der Waals surface area contributed by atoms with Crippen LogP contribution in [0.15, 0.2) is 21.3 Å². The van der Waals surface area contributed by atoms with Crippen molar-refractivity contribution in [1.29, 1.82) is 0 Å². The Hall–Kier alpha value is -2.39. The van der Waals surface area contributed by atoms with Crippen molar-refractivity contribution in [2.45, 2.75) is 32.4 Å². The average Bonchev–Trinajstić information content (AvgIpc) is 2.81. The highest BCUT2D eigenvalue weighted by Crippen LogP contribution is 2.30. The zero-order valence-electron chi connectivity index (χ0n) is 15.2. The molecule has 27 heavy (non-hydrogen) atoms. The Morgan fingerprint density at radius 3 is 2.63 bits per heavy atom. The van der Waals surface area contributed by atoms with Gasteiger partial charge in [-0.1, -0.05) is 0 Å². The van der Waals surface area contributed by atoms with Gasteiger partial charge in [-0.3, -0.25) is 4.79 Å². The molecular weight excluding hydrogens is 374 g/mol. The Labute approximate surface area is 156 Å². The predicted molar refractivity (Wildman–Crippen MR) is 98.8 cm³/mol. The van der Waals surface area contributed by atoms with Crippen LogP contribution in [-0.2, 0) is 21.1 Å². The minimum absolute atomic E-state index is 0.164. The third-order valence-corrected chi connectivity index (χ3v) is 6.43. The fourth-order valence-corrected chi connectivity index (χ4v) is 5.13. The Kier molecular flexibility index (Phi) is 5.00. The van der Waals surface area contributed by atoms with Gasteiger partial charge in [0.15, 0.2) is 9.84 Å². The largest absolute Gasteiger partial charge is 0.496 e. The van der Waals surface area contributed by atoms with E-state index in [1.807, 2.05) is 6.92 Å². The zero-order valence-corrected chi connectivity index (χ0v) is 16.1. The second kappa shape index (κ2) is 6.97. The molecule has 0 spiro atoms. The van der Waals surface area contributed by atoms with Crippen LogP contribution in [0.25, 0.3) is 11.0 Å². The number of rotatable bonds is 4. The van der Waals surface area contributed by atoms with Crippen molar-refractivity contribution >= 4 is 26.7 Å². The van der Waals surface area contributed by atoms with E-state index >= 15 is 0 Å². The highest BCUT2D eigenvalue weighted by molar-refractivity contribution is 7.91. The zero-order chi connectivity index (χ0) is 19.9. The summed E-state index contributed by atoms with van der Waals surface area (Å²) in [5.41, 5.74) is 1.33. The molecule has 146 valence electrons. The first-order valence-corrected chi connectivity index (χ1v) is 10.2. The van der Waals surface area contributed by atoms with Gasteiger partial charge in [0.25, 0.3) is 0 Å². The Morgan fingerprint density at radius 1 is 1.33 bits per heavy atom. The van der Waals surface area contributed by atoms with E-state index in [1.165, 1.54) is 7.11 Å². The van der Waals surface area contributed by atoms with E-state index in [-0.39, 0.29) is 23.5 Å². The van der Waals surface area contributed by atoms with Gasteiger partial charge < -0.3 is 19.6 Å². The van der Waals surface area contributed by atoms with Crippen molar-refractivity contribution in [3.05, 3.63) is 39.2 Å². The van der Waals surface area contributed by atoms with Crippen molar-refractivity contribution < 1.29 is 27.5 Å². The second-order valence-electron chi connectivity index (χ2n) is 6.83. The molecule has 1 amide bonds. The number of carbonyl (C=O) groups is 1. The van der Waals surface area contributed by atoms with Gasteiger partial charge in [-0.2, -0.15) is 0 Å². The topological polar surface area (TPSA) is 123 Å². The quantitative estimate of drug-likeness (QED) is 0.711. The van der Waals surface area contributed by atoms with Gasteiger partial charge in [-0.25, -0.2) is 13.2 Å². The lowest BCUT2D eigenvalue weighted by atomic mass is 10.0. The number of ether oxygens (including phenoxy) is 1. The molecule has 9 heteroatoms. The number of hydrogen-bond donors (Lipinski definition) is 2. The molecule has 1 aliphatic rings. The first kappa shape index (κ1) is 19.4. The van der Waals surface area contributed by atoms with Crippen molar-refractivity contribution in [3.63, 3.8) is 0 Å². The first-order valence-electron chi connectivity index (χ1n) is 8.40. The lowest BCUT2D eigenvalue weighted by Crippen LogP contribution is -2.43. The summed E-state index contributed by atoms with van der Waals surface area (Å²) in [7, 11) is -1.88. The number of nitrogens with one attached hydrogen (secondary N) is 1. The molecule has 1 aromatic carbocycles. The molecule has 0 saturated carbocycles. The first-order chi connectivity index (χ1) is 12.6. The summed E-state index contributed by atoms with van der Waals surface area (Å²) in [5.74, 6) is -0.730. The fraction of sp³-hybridized carbons (Fsp3) is 0.444. The number of aryl methyl sites for hydroxylation is 2. The molecule has 1 fully saturated rings. The summed E-state index contributed by atoms with van der Waals surface area (Å²) in [4.78, 5) is 24.7. The molecule has 3 rings (SSSR count). The van der Waals surface area contributed by atoms with E-state index < -0.39 is 33.5 Å². The number of carbonyl (C=O) groups excluding carboxylic acids is 1. The van der Waals surface area contributed by atoms with E-state index in [4.69, 9.17) is 9.15 Å². The third kappa shape index (κ3) is 3.84. The molecule has 2 N–H and O–H groups in total. The molecule has 1 aliphatic heterocycles. The summed E-state index contributed by atoms with van der Waals surface area (Å²) < 4.78 is 33.8. The number of fused-ring (bicyclic) bond motifs is 1. The lowest BCUT2D eigenvalue weighted by Gasteiger charge is -2.16. The van der Waals surface area contributed by atoms with Crippen LogP contribution in [0.3, 0.4) is 0 Å². The van der Waals surface area contributed by atoms with Crippen molar-refractivity contribution in [3.8, 4) is 5.75 Å². The van der Waals surface area contributed by atoms with Gasteiger partial charge in [0.1, 0.15) is 11.3 Å². The predicted octanol–water partition coefficient (Wildman–Crippen LogP) is 0.235. The number of aliphatic hydroxyl groups is 1. The van der Waals surface area contributed by atoms with Crippen LogP contribution in [0, 0.1) is 13.8 Å². The molecule has 2 atom stereocenters. The summed E-state index contributed by atoms with van der Waals surface area (Å²) in [6.07, 6.45) is -1.44. The molecule has 1 aromatic heterocycles. The number of sulfone groups is 1. The Bertz CT molecular complexity index is 1070. The Morgan fingerprint density at radius 2 is 2.04 bits per heavy atom. The standard InChI is InChI=1S/C18H21NO7S/c1-9-4-14(25-3)17-10(2)11(18(22)26-15(17)5-9)6-16(21)19-12-7-27(23,24)8-13(12)20/h4-5,12-13,20H,6-8H2,1-3H3,(H,19,21)/t12-,13-/m1/s1. The summed E-state index contributed by atoms with van der Waals surface area (Å²) in [5, 5.41) is 12.9. The molecule has 2 heterocycles. The summed E-state index contributed by atoms with van der Waals surface area (Å²) in [6.45, 7) is 3.55. The van der Waals surface area contributed by atoms with Gasteiger partial charge in [0, 0.05) is 0 Å². The van der Waals surface area contributed by atoms with Crippen LogP contribution < -0.4 is 15.7 Å². The van der Waals surface area contributed by atoms with Crippen molar-refractivity contribution in [1.82, 2.24) is 5.32 Å². The summed E-state index contributed by atoms with van der Waals surface area (Å²) in [6, 6.07) is 2.64. The molecule has 1 saturated heterocycles. The van der Waals surface area contributed by atoms with Crippen LogP contribution in [0.4, 0.5) is 0 Å². The van der Waals surface area contributed by atoms with Crippen molar-refractivity contribution in [2.24, 2.45) is 0 Å². The molecular formula is C18H21NO7S. The second-order valence-corrected chi connectivity index (χ2v) is 8.98. The summed E-state index contributed by atoms with van der Waals surface area (Å²) >= 11 is 0. The van der Waals surface area contributed by atoms with Crippen LogP contribution in [-0.4, -0.2) is 50.2 Å². The maximum atomic E-state index is 12.4. The molecule has 0 unspecified atom stereocenters. The Balaban J connectivity index is 1.92. The number of methoxy groups -OCH3 is 1.